The molecule has 1 aromatic rings. The van der Waals surface area contributed by atoms with Gasteiger partial charge in [0.05, 0.1) is 0 Å². The van der Waals surface area contributed by atoms with Crippen molar-refractivity contribution < 1.29 is 15.2 Å². The summed E-state index contributed by atoms with van der Waals surface area (Å²) in [4.78, 5) is 3.44. The Hall–Kier alpha value is -1.07. The minimum absolute atomic E-state index is 0.0162. The van der Waals surface area contributed by atoms with Gasteiger partial charge in [-0.1, -0.05) is 6.07 Å². The quantitative estimate of drug-likeness (QED) is 0.412. The number of hydrogen-bond acceptors (Lipinski definition) is 4. The highest BCUT2D eigenvalue weighted by Gasteiger charge is 2.15. The maximum Gasteiger partial charge on any atom is 0.493 e. The van der Waals surface area contributed by atoms with Crippen molar-refractivity contribution in [1.82, 2.24) is 4.98 Å². The van der Waals surface area contributed by atoms with Crippen LogP contribution in [-0.4, -0.2) is 27.3 Å². The SMILES string of the molecule is OB(O)c1cccnc1O. The van der Waals surface area contributed by atoms with Crippen LogP contribution in [0.4, 0.5) is 0 Å². The summed E-state index contributed by atoms with van der Waals surface area (Å²) in [5.41, 5.74) is 0.0162. The van der Waals surface area contributed by atoms with Gasteiger partial charge in [0.15, 0.2) is 0 Å². The van der Waals surface area contributed by atoms with Gasteiger partial charge in [-0.3, -0.25) is 0 Å². The number of pyridine rings is 1. The standard InChI is InChI=1S/C5H6BNO3/c8-5-4(6(9)10)2-1-3-7-5/h1-3,9-10H,(H,7,8). The van der Waals surface area contributed by atoms with Gasteiger partial charge >= 0.3 is 7.12 Å². The molecule has 0 saturated carbocycles. The lowest BCUT2D eigenvalue weighted by atomic mass is 9.81. The first kappa shape index (κ1) is 7.05. The molecule has 1 aromatic heterocycles. The van der Waals surface area contributed by atoms with Crippen LogP contribution in [0.3, 0.4) is 0 Å². The highest BCUT2D eigenvalue weighted by molar-refractivity contribution is 6.59. The first-order valence-electron chi connectivity index (χ1n) is 2.72. The van der Waals surface area contributed by atoms with Gasteiger partial charge in [-0.2, -0.15) is 0 Å². The zero-order valence-electron chi connectivity index (χ0n) is 5.10. The molecule has 0 spiro atoms. The molecule has 0 aliphatic carbocycles. The molecule has 4 nitrogen and oxygen atoms in total. The topological polar surface area (TPSA) is 73.6 Å². The second kappa shape index (κ2) is 2.68. The molecule has 52 valence electrons. The van der Waals surface area contributed by atoms with Crippen LogP contribution in [0.5, 0.6) is 5.88 Å². The first-order chi connectivity index (χ1) is 4.72. The monoisotopic (exact) mass is 139 g/mol. The second-order valence-corrected chi connectivity index (χ2v) is 1.79. The Kier molecular flexibility index (Phi) is 1.89. The summed E-state index contributed by atoms with van der Waals surface area (Å²) >= 11 is 0. The molecule has 5 heteroatoms. The van der Waals surface area contributed by atoms with Crippen LogP contribution in [-0.2, 0) is 0 Å². The number of hydrogen-bond donors (Lipinski definition) is 3. The van der Waals surface area contributed by atoms with E-state index in [0.29, 0.717) is 0 Å². The highest BCUT2D eigenvalue weighted by Crippen LogP contribution is 1.96. The van der Waals surface area contributed by atoms with E-state index in [1.54, 1.807) is 0 Å². The molecule has 0 unspecified atom stereocenters. The summed E-state index contributed by atoms with van der Waals surface area (Å²) < 4.78 is 0. The highest BCUT2D eigenvalue weighted by atomic mass is 16.4. The van der Waals surface area contributed by atoms with Gasteiger partial charge in [-0.25, -0.2) is 4.98 Å². The summed E-state index contributed by atoms with van der Waals surface area (Å²) in [6, 6.07) is 2.89. The summed E-state index contributed by atoms with van der Waals surface area (Å²) in [6.45, 7) is 0. The Morgan fingerprint density at radius 1 is 1.40 bits per heavy atom. The molecule has 1 heterocycles. The van der Waals surface area contributed by atoms with Crippen LogP contribution in [0.25, 0.3) is 0 Å². The van der Waals surface area contributed by atoms with Gasteiger partial charge in [-0.05, 0) is 6.07 Å². The van der Waals surface area contributed by atoms with Gasteiger partial charge in [0.1, 0.15) is 0 Å². The molecule has 0 atom stereocenters. The third-order valence-corrected chi connectivity index (χ3v) is 1.10. The van der Waals surface area contributed by atoms with E-state index in [2.05, 4.69) is 4.98 Å². The molecule has 1 rings (SSSR count). The lowest BCUT2D eigenvalue weighted by Gasteiger charge is -1.98. The zero-order chi connectivity index (χ0) is 7.56. The fraction of sp³-hybridized carbons (Fsp3) is 0. The maximum atomic E-state index is 8.85. The third-order valence-electron chi connectivity index (χ3n) is 1.10. The fourth-order valence-electron chi connectivity index (χ4n) is 0.611. The van der Waals surface area contributed by atoms with Crippen molar-refractivity contribution in [3.8, 4) is 5.88 Å². The Balaban J connectivity index is 3.03. The Labute approximate surface area is 57.9 Å². The summed E-state index contributed by atoms with van der Waals surface area (Å²) in [5.74, 6) is -0.350. The van der Waals surface area contributed by atoms with Gasteiger partial charge in [0, 0.05) is 11.7 Å². The summed E-state index contributed by atoms with van der Waals surface area (Å²) in [5, 5.41) is 26.0. The van der Waals surface area contributed by atoms with Crippen molar-refractivity contribution in [2.45, 2.75) is 0 Å². The van der Waals surface area contributed by atoms with Crippen molar-refractivity contribution in [2.75, 3.05) is 0 Å². The van der Waals surface area contributed by atoms with Gasteiger partial charge in [0.2, 0.25) is 5.88 Å². The number of aromatic hydroxyl groups is 1. The molecule has 3 N–H and O–H groups in total. The molecule has 0 amide bonds. The molecule has 0 fully saturated rings. The van der Waals surface area contributed by atoms with Gasteiger partial charge in [-0.15, -0.1) is 0 Å². The van der Waals surface area contributed by atoms with E-state index in [1.165, 1.54) is 18.3 Å². The molecule has 0 bridgehead atoms. The molecule has 10 heavy (non-hydrogen) atoms. The van der Waals surface area contributed by atoms with Crippen LogP contribution in [0.2, 0.25) is 0 Å². The van der Waals surface area contributed by atoms with Crippen LogP contribution in [0.1, 0.15) is 0 Å². The largest absolute Gasteiger partial charge is 0.494 e. The maximum absolute atomic E-state index is 8.85. The Morgan fingerprint density at radius 3 is 2.50 bits per heavy atom. The van der Waals surface area contributed by atoms with E-state index in [9.17, 15) is 0 Å². The fourth-order valence-corrected chi connectivity index (χ4v) is 0.611. The van der Waals surface area contributed by atoms with Gasteiger partial charge in [0.25, 0.3) is 0 Å². The van der Waals surface area contributed by atoms with Crippen molar-refractivity contribution in [3.05, 3.63) is 18.3 Å². The predicted octanol–water partition coefficient (Wildman–Crippen LogP) is -1.53. The Morgan fingerprint density at radius 2 is 2.10 bits per heavy atom. The molecule has 0 radical (unpaired) electrons. The van der Waals surface area contributed by atoms with Crippen molar-refractivity contribution in [1.29, 1.82) is 0 Å². The first-order valence-corrected chi connectivity index (χ1v) is 2.72. The van der Waals surface area contributed by atoms with Crippen LogP contribution >= 0.6 is 0 Å². The van der Waals surface area contributed by atoms with Crippen LogP contribution in [0.15, 0.2) is 18.3 Å². The molecular formula is C5H6BNO3. The number of rotatable bonds is 1. The van der Waals surface area contributed by atoms with E-state index < -0.39 is 7.12 Å². The Bertz CT molecular complexity index is 228. The van der Waals surface area contributed by atoms with E-state index >= 15 is 0 Å². The smallest absolute Gasteiger partial charge is 0.493 e. The zero-order valence-corrected chi connectivity index (χ0v) is 5.10. The van der Waals surface area contributed by atoms with Crippen LogP contribution < -0.4 is 5.46 Å². The lowest BCUT2D eigenvalue weighted by Crippen LogP contribution is -2.30. The normalized spacial score (nSPS) is 9.40. The molecule has 0 aliphatic rings. The average Bonchev–Trinajstić information content (AvgIpc) is 1.88. The van der Waals surface area contributed by atoms with Crippen molar-refractivity contribution in [2.24, 2.45) is 0 Å². The molecular weight excluding hydrogens is 133 g/mol. The van der Waals surface area contributed by atoms with Crippen molar-refractivity contribution >= 4 is 12.6 Å². The molecule has 0 aliphatic heterocycles. The number of aromatic nitrogens is 1. The van der Waals surface area contributed by atoms with E-state index in [-0.39, 0.29) is 11.3 Å². The van der Waals surface area contributed by atoms with Crippen LogP contribution in [0, 0.1) is 0 Å². The lowest BCUT2D eigenvalue weighted by molar-refractivity contribution is 0.416. The second-order valence-electron chi connectivity index (χ2n) is 1.79. The summed E-state index contributed by atoms with van der Waals surface area (Å²) in [6.07, 6.45) is 1.36. The average molecular weight is 139 g/mol. The van der Waals surface area contributed by atoms with Gasteiger partial charge < -0.3 is 15.2 Å². The minimum atomic E-state index is -1.66. The number of nitrogens with zero attached hydrogens (tertiary/aromatic N) is 1. The van der Waals surface area contributed by atoms with E-state index in [4.69, 9.17) is 15.2 Å². The minimum Gasteiger partial charge on any atom is -0.494 e. The van der Waals surface area contributed by atoms with E-state index in [0.717, 1.165) is 0 Å². The molecule has 0 aromatic carbocycles. The third kappa shape index (κ3) is 1.26. The van der Waals surface area contributed by atoms with E-state index in [1.807, 2.05) is 0 Å². The predicted molar refractivity (Wildman–Crippen MR) is 35.7 cm³/mol. The molecule has 0 saturated heterocycles. The van der Waals surface area contributed by atoms with Crippen molar-refractivity contribution in [3.63, 3.8) is 0 Å². The summed E-state index contributed by atoms with van der Waals surface area (Å²) in [7, 11) is -1.66.